The third kappa shape index (κ3) is 4.42. The lowest BCUT2D eigenvalue weighted by molar-refractivity contribution is 0.548. The lowest BCUT2D eigenvalue weighted by Crippen LogP contribution is -2.29. The van der Waals surface area contributed by atoms with Gasteiger partial charge in [-0.3, -0.25) is 0 Å². The standard InChI is InChI=1S/C17H32Si/c1-6-8-9-10-13-16-15(7-2)12-11-14-17(16)18(3,4)5/h7,15H,2,6,8-14H2,1,3-5H3. The highest BCUT2D eigenvalue weighted by atomic mass is 28.3. The summed E-state index contributed by atoms with van der Waals surface area (Å²) in [6, 6.07) is 0. The van der Waals surface area contributed by atoms with Crippen LogP contribution in [0.4, 0.5) is 0 Å². The topological polar surface area (TPSA) is 0 Å². The van der Waals surface area contributed by atoms with E-state index in [-0.39, 0.29) is 0 Å². The van der Waals surface area contributed by atoms with E-state index < -0.39 is 8.07 Å². The number of unbranched alkanes of at least 4 members (excludes halogenated alkanes) is 3. The SMILES string of the molecule is C=CC1CCCC([Si](C)(C)C)=C1CCCCCC. The molecule has 0 spiro atoms. The average molecular weight is 265 g/mol. The first-order valence-corrected chi connectivity index (χ1v) is 11.4. The van der Waals surface area contributed by atoms with E-state index in [9.17, 15) is 0 Å². The van der Waals surface area contributed by atoms with Crippen molar-refractivity contribution in [1.82, 2.24) is 0 Å². The van der Waals surface area contributed by atoms with Crippen molar-refractivity contribution in [2.24, 2.45) is 5.92 Å². The minimum absolute atomic E-state index is 0.696. The maximum absolute atomic E-state index is 4.08. The fourth-order valence-electron chi connectivity index (χ4n) is 3.25. The van der Waals surface area contributed by atoms with E-state index in [0.717, 1.165) is 0 Å². The number of hydrogen-bond acceptors (Lipinski definition) is 0. The van der Waals surface area contributed by atoms with E-state index in [1.807, 2.05) is 5.20 Å². The summed E-state index contributed by atoms with van der Waals surface area (Å²) in [6.07, 6.45) is 13.2. The van der Waals surface area contributed by atoms with Gasteiger partial charge in [-0.2, -0.15) is 0 Å². The van der Waals surface area contributed by atoms with E-state index in [1.54, 1.807) is 5.57 Å². The normalized spacial score (nSPS) is 21.2. The van der Waals surface area contributed by atoms with Crippen LogP contribution >= 0.6 is 0 Å². The molecule has 0 amide bonds. The van der Waals surface area contributed by atoms with Gasteiger partial charge in [-0.15, -0.1) is 6.58 Å². The molecule has 1 rings (SSSR count). The number of rotatable bonds is 7. The van der Waals surface area contributed by atoms with Crippen LogP contribution in [0.25, 0.3) is 0 Å². The largest absolute Gasteiger partial charge is 0.102 e. The highest BCUT2D eigenvalue weighted by molar-refractivity contribution is 6.83. The van der Waals surface area contributed by atoms with Crippen LogP contribution in [0.2, 0.25) is 19.6 Å². The van der Waals surface area contributed by atoms with Gasteiger partial charge in [0.25, 0.3) is 0 Å². The van der Waals surface area contributed by atoms with Gasteiger partial charge in [-0.1, -0.05) is 62.7 Å². The van der Waals surface area contributed by atoms with E-state index in [1.165, 1.54) is 51.4 Å². The minimum atomic E-state index is -1.11. The Balaban J connectivity index is 2.79. The first-order chi connectivity index (χ1) is 8.50. The van der Waals surface area contributed by atoms with Crippen LogP contribution in [0, 0.1) is 5.92 Å². The summed E-state index contributed by atoms with van der Waals surface area (Å²) in [6.45, 7) is 13.9. The van der Waals surface area contributed by atoms with Crippen molar-refractivity contribution < 1.29 is 0 Å². The molecule has 1 aliphatic rings. The van der Waals surface area contributed by atoms with Gasteiger partial charge in [0, 0.05) is 0 Å². The van der Waals surface area contributed by atoms with Gasteiger partial charge in [0.05, 0.1) is 8.07 Å². The van der Waals surface area contributed by atoms with E-state index >= 15 is 0 Å². The first-order valence-electron chi connectivity index (χ1n) is 7.85. The molecule has 1 atom stereocenters. The Bertz CT molecular complexity index is 293. The van der Waals surface area contributed by atoms with Crippen molar-refractivity contribution in [3.63, 3.8) is 0 Å². The van der Waals surface area contributed by atoms with Crippen LogP contribution < -0.4 is 0 Å². The quantitative estimate of drug-likeness (QED) is 0.295. The van der Waals surface area contributed by atoms with Gasteiger partial charge in [0.15, 0.2) is 0 Å². The number of allylic oxidation sites excluding steroid dienone is 3. The Morgan fingerprint density at radius 2 is 1.94 bits per heavy atom. The molecule has 0 heterocycles. The summed E-state index contributed by atoms with van der Waals surface area (Å²) in [7, 11) is -1.11. The van der Waals surface area contributed by atoms with Crippen LogP contribution in [-0.2, 0) is 0 Å². The van der Waals surface area contributed by atoms with Crippen molar-refractivity contribution in [1.29, 1.82) is 0 Å². The Morgan fingerprint density at radius 3 is 2.50 bits per heavy atom. The highest BCUT2D eigenvalue weighted by Gasteiger charge is 2.28. The Hall–Kier alpha value is -0.303. The van der Waals surface area contributed by atoms with Crippen LogP contribution in [0.3, 0.4) is 0 Å². The second-order valence-electron chi connectivity index (χ2n) is 6.80. The molecular formula is C17H32Si. The molecule has 0 radical (unpaired) electrons. The van der Waals surface area contributed by atoms with Crippen molar-refractivity contribution in [3.05, 3.63) is 23.4 Å². The molecule has 0 fully saturated rings. The van der Waals surface area contributed by atoms with Crippen molar-refractivity contribution >= 4 is 8.07 Å². The molecule has 1 heteroatoms. The zero-order valence-electron chi connectivity index (χ0n) is 13.0. The predicted molar refractivity (Wildman–Crippen MR) is 86.7 cm³/mol. The molecule has 104 valence electrons. The van der Waals surface area contributed by atoms with Crippen molar-refractivity contribution in [3.8, 4) is 0 Å². The first kappa shape index (κ1) is 15.8. The summed E-state index contributed by atoms with van der Waals surface area (Å²) in [4.78, 5) is 0. The van der Waals surface area contributed by atoms with Crippen LogP contribution in [0.1, 0.15) is 58.3 Å². The minimum Gasteiger partial charge on any atom is -0.102 e. The zero-order chi connectivity index (χ0) is 13.6. The Morgan fingerprint density at radius 1 is 1.22 bits per heavy atom. The van der Waals surface area contributed by atoms with Crippen molar-refractivity contribution in [2.75, 3.05) is 0 Å². The summed E-state index contributed by atoms with van der Waals surface area (Å²) < 4.78 is 0. The zero-order valence-corrected chi connectivity index (χ0v) is 14.0. The molecule has 0 aromatic heterocycles. The lowest BCUT2D eigenvalue weighted by atomic mass is 9.84. The Kier molecular flexibility index (Phi) is 6.41. The molecule has 0 bridgehead atoms. The maximum Gasteiger partial charge on any atom is 0.0724 e. The molecule has 0 aliphatic heterocycles. The molecule has 1 unspecified atom stereocenters. The van der Waals surface area contributed by atoms with Gasteiger partial charge in [0.1, 0.15) is 0 Å². The molecule has 0 aromatic carbocycles. The molecule has 1 aliphatic carbocycles. The Labute approximate surface area is 116 Å². The summed E-state index contributed by atoms with van der Waals surface area (Å²) in [5, 5.41) is 1.87. The van der Waals surface area contributed by atoms with Gasteiger partial charge < -0.3 is 0 Å². The van der Waals surface area contributed by atoms with E-state index in [0.29, 0.717) is 5.92 Å². The maximum atomic E-state index is 4.08. The fraction of sp³-hybridized carbons (Fsp3) is 0.765. The van der Waals surface area contributed by atoms with Crippen LogP contribution in [0.5, 0.6) is 0 Å². The third-order valence-corrected chi connectivity index (χ3v) is 6.65. The van der Waals surface area contributed by atoms with Gasteiger partial charge in [0.2, 0.25) is 0 Å². The predicted octanol–water partition coefficient (Wildman–Crippen LogP) is 6.12. The van der Waals surface area contributed by atoms with E-state index in [2.05, 4.69) is 39.2 Å². The monoisotopic (exact) mass is 264 g/mol. The molecule has 18 heavy (non-hydrogen) atoms. The second-order valence-corrected chi connectivity index (χ2v) is 11.9. The van der Waals surface area contributed by atoms with Crippen LogP contribution in [0.15, 0.2) is 23.4 Å². The second kappa shape index (κ2) is 7.33. The van der Waals surface area contributed by atoms with Gasteiger partial charge in [-0.05, 0) is 38.0 Å². The molecule has 0 nitrogen and oxygen atoms in total. The summed E-state index contributed by atoms with van der Waals surface area (Å²) in [5.41, 5.74) is 1.80. The van der Waals surface area contributed by atoms with E-state index in [4.69, 9.17) is 0 Å². The lowest BCUT2D eigenvalue weighted by Gasteiger charge is -2.33. The average Bonchev–Trinajstić information content (AvgIpc) is 2.33. The molecular weight excluding hydrogens is 232 g/mol. The van der Waals surface area contributed by atoms with Crippen molar-refractivity contribution in [2.45, 2.75) is 77.9 Å². The summed E-state index contributed by atoms with van der Waals surface area (Å²) in [5.74, 6) is 0.696. The fourth-order valence-corrected chi connectivity index (χ4v) is 5.45. The molecule has 0 aromatic rings. The number of hydrogen-bond donors (Lipinski definition) is 0. The smallest absolute Gasteiger partial charge is 0.0724 e. The third-order valence-electron chi connectivity index (χ3n) is 4.27. The molecule has 0 saturated heterocycles. The van der Waals surface area contributed by atoms with Crippen LogP contribution in [-0.4, -0.2) is 8.07 Å². The molecule has 0 saturated carbocycles. The van der Waals surface area contributed by atoms with Gasteiger partial charge in [-0.25, -0.2) is 0 Å². The highest BCUT2D eigenvalue weighted by Crippen LogP contribution is 2.38. The molecule has 0 N–H and O–H groups in total. The van der Waals surface area contributed by atoms with Gasteiger partial charge >= 0.3 is 0 Å². The summed E-state index contributed by atoms with van der Waals surface area (Å²) >= 11 is 0.